The molecule has 0 spiro atoms. The van der Waals surface area contributed by atoms with Crippen LogP contribution in [0.3, 0.4) is 0 Å². The predicted octanol–water partition coefficient (Wildman–Crippen LogP) is 0.897. The Bertz CT molecular complexity index is 281. The third-order valence-corrected chi connectivity index (χ3v) is 1.60. The Morgan fingerprint density at radius 2 is 2.00 bits per heavy atom. The van der Waals surface area contributed by atoms with E-state index in [0.29, 0.717) is 5.69 Å². The SMILES string of the molecule is CNCc1ccc(NC(N)=O)cc1. The summed E-state index contributed by atoms with van der Waals surface area (Å²) in [5.74, 6) is 0. The fraction of sp³-hybridized carbons (Fsp3) is 0.222. The Morgan fingerprint density at radius 1 is 1.38 bits per heavy atom. The highest BCUT2D eigenvalue weighted by Crippen LogP contribution is 2.08. The monoisotopic (exact) mass is 179 g/mol. The van der Waals surface area contributed by atoms with Gasteiger partial charge in [0.15, 0.2) is 0 Å². The van der Waals surface area contributed by atoms with E-state index in [1.165, 1.54) is 0 Å². The fourth-order valence-electron chi connectivity index (χ4n) is 1.05. The Labute approximate surface area is 77.1 Å². The zero-order chi connectivity index (χ0) is 9.68. The van der Waals surface area contributed by atoms with Crippen LogP contribution >= 0.6 is 0 Å². The number of carbonyl (C=O) groups excluding carboxylic acids is 1. The van der Waals surface area contributed by atoms with Gasteiger partial charge in [-0.25, -0.2) is 4.79 Å². The van der Waals surface area contributed by atoms with E-state index in [0.717, 1.165) is 12.1 Å². The number of amides is 2. The Balaban J connectivity index is 2.64. The second-order valence-electron chi connectivity index (χ2n) is 2.72. The summed E-state index contributed by atoms with van der Waals surface area (Å²) < 4.78 is 0. The van der Waals surface area contributed by atoms with E-state index in [1.807, 2.05) is 31.3 Å². The van der Waals surface area contributed by atoms with E-state index in [9.17, 15) is 4.79 Å². The zero-order valence-electron chi connectivity index (χ0n) is 7.50. The second kappa shape index (κ2) is 4.47. The third kappa shape index (κ3) is 3.13. The molecule has 4 N–H and O–H groups in total. The first-order valence-corrected chi connectivity index (χ1v) is 4.02. The fourth-order valence-corrected chi connectivity index (χ4v) is 1.05. The van der Waals surface area contributed by atoms with Gasteiger partial charge < -0.3 is 16.4 Å². The molecule has 70 valence electrons. The van der Waals surface area contributed by atoms with Crippen molar-refractivity contribution < 1.29 is 4.79 Å². The smallest absolute Gasteiger partial charge is 0.316 e. The number of nitrogens with one attached hydrogen (secondary N) is 2. The number of anilines is 1. The lowest BCUT2D eigenvalue weighted by Crippen LogP contribution is -2.19. The lowest BCUT2D eigenvalue weighted by molar-refractivity contribution is 0.259. The minimum absolute atomic E-state index is 0.540. The van der Waals surface area contributed by atoms with Crippen molar-refractivity contribution in [3.05, 3.63) is 29.8 Å². The molecule has 0 bridgehead atoms. The summed E-state index contributed by atoms with van der Waals surface area (Å²) >= 11 is 0. The molecule has 1 rings (SSSR count). The number of hydrogen-bond acceptors (Lipinski definition) is 2. The van der Waals surface area contributed by atoms with E-state index in [4.69, 9.17) is 5.73 Å². The number of carbonyl (C=O) groups is 1. The molecule has 0 saturated heterocycles. The van der Waals surface area contributed by atoms with Gasteiger partial charge in [-0.1, -0.05) is 12.1 Å². The summed E-state index contributed by atoms with van der Waals surface area (Å²) in [5.41, 5.74) is 6.84. The van der Waals surface area contributed by atoms with Crippen LogP contribution < -0.4 is 16.4 Å². The molecular formula is C9H13N3O. The maximum absolute atomic E-state index is 10.5. The van der Waals surface area contributed by atoms with Crippen LogP contribution in [0.1, 0.15) is 5.56 Å². The van der Waals surface area contributed by atoms with Gasteiger partial charge in [-0.15, -0.1) is 0 Å². The third-order valence-electron chi connectivity index (χ3n) is 1.60. The molecule has 0 saturated carbocycles. The molecule has 4 nitrogen and oxygen atoms in total. The molecule has 0 aliphatic rings. The highest BCUT2D eigenvalue weighted by molar-refractivity contribution is 5.87. The lowest BCUT2D eigenvalue weighted by atomic mass is 10.2. The van der Waals surface area contributed by atoms with Crippen molar-refractivity contribution in [3.8, 4) is 0 Å². The minimum atomic E-state index is -0.540. The molecule has 2 amide bonds. The van der Waals surface area contributed by atoms with E-state index >= 15 is 0 Å². The van der Waals surface area contributed by atoms with E-state index in [1.54, 1.807) is 0 Å². The van der Waals surface area contributed by atoms with E-state index in [-0.39, 0.29) is 0 Å². The van der Waals surface area contributed by atoms with Crippen LogP contribution in [0.5, 0.6) is 0 Å². The average Bonchev–Trinajstić information content (AvgIpc) is 2.08. The van der Waals surface area contributed by atoms with Crippen LogP contribution in [0.25, 0.3) is 0 Å². The first-order chi connectivity index (χ1) is 6.22. The van der Waals surface area contributed by atoms with Crippen LogP contribution in [0.4, 0.5) is 10.5 Å². The number of urea groups is 1. The van der Waals surface area contributed by atoms with Gasteiger partial charge in [-0.05, 0) is 24.7 Å². The maximum atomic E-state index is 10.5. The zero-order valence-corrected chi connectivity index (χ0v) is 7.50. The molecule has 0 heterocycles. The van der Waals surface area contributed by atoms with Gasteiger partial charge in [-0.2, -0.15) is 0 Å². The maximum Gasteiger partial charge on any atom is 0.316 e. The van der Waals surface area contributed by atoms with Gasteiger partial charge in [0.25, 0.3) is 0 Å². The van der Waals surface area contributed by atoms with E-state index in [2.05, 4.69) is 10.6 Å². The van der Waals surface area contributed by atoms with Crippen molar-refractivity contribution in [1.29, 1.82) is 0 Å². The molecule has 4 heteroatoms. The molecule has 1 aromatic rings. The molecular weight excluding hydrogens is 166 g/mol. The van der Waals surface area contributed by atoms with Crippen LogP contribution in [0, 0.1) is 0 Å². The Hall–Kier alpha value is -1.55. The highest BCUT2D eigenvalue weighted by Gasteiger charge is 1.95. The summed E-state index contributed by atoms with van der Waals surface area (Å²) in [5, 5.41) is 5.52. The first kappa shape index (κ1) is 9.54. The van der Waals surface area contributed by atoms with Crippen molar-refractivity contribution in [2.75, 3.05) is 12.4 Å². The van der Waals surface area contributed by atoms with E-state index < -0.39 is 6.03 Å². The number of primary amides is 1. The van der Waals surface area contributed by atoms with Crippen molar-refractivity contribution in [1.82, 2.24) is 5.32 Å². The van der Waals surface area contributed by atoms with Gasteiger partial charge in [0.2, 0.25) is 0 Å². The van der Waals surface area contributed by atoms with Crippen LogP contribution in [0.15, 0.2) is 24.3 Å². The van der Waals surface area contributed by atoms with Gasteiger partial charge in [0.05, 0.1) is 0 Å². The quantitative estimate of drug-likeness (QED) is 0.645. The first-order valence-electron chi connectivity index (χ1n) is 4.02. The molecule has 0 fully saturated rings. The number of rotatable bonds is 3. The number of benzene rings is 1. The molecule has 0 unspecified atom stereocenters. The summed E-state index contributed by atoms with van der Waals surface area (Å²) in [6, 6.07) is 6.96. The summed E-state index contributed by atoms with van der Waals surface area (Å²) in [6.45, 7) is 0.816. The summed E-state index contributed by atoms with van der Waals surface area (Å²) in [6.07, 6.45) is 0. The van der Waals surface area contributed by atoms with Crippen molar-refractivity contribution >= 4 is 11.7 Å². The van der Waals surface area contributed by atoms with Gasteiger partial charge in [0.1, 0.15) is 0 Å². The molecule has 0 atom stereocenters. The highest BCUT2D eigenvalue weighted by atomic mass is 16.2. The average molecular weight is 179 g/mol. The minimum Gasteiger partial charge on any atom is -0.351 e. The lowest BCUT2D eigenvalue weighted by Gasteiger charge is -2.03. The topological polar surface area (TPSA) is 67.2 Å². The Kier molecular flexibility index (Phi) is 3.28. The van der Waals surface area contributed by atoms with Crippen LogP contribution in [-0.4, -0.2) is 13.1 Å². The van der Waals surface area contributed by atoms with Crippen LogP contribution in [-0.2, 0) is 6.54 Å². The summed E-state index contributed by atoms with van der Waals surface area (Å²) in [7, 11) is 1.88. The van der Waals surface area contributed by atoms with Gasteiger partial charge in [0, 0.05) is 12.2 Å². The number of nitrogens with two attached hydrogens (primary N) is 1. The molecule has 13 heavy (non-hydrogen) atoms. The summed E-state index contributed by atoms with van der Waals surface area (Å²) in [4.78, 5) is 10.5. The predicted molar refractivity (Wildman–Crippen MR) is 52.4 cm³/mol. The number of hydrogen-bond donors (Lipinski definition) is 3. The molecule has 0 aliphatic heterocycles. The van der Waals surface area contributed by atoms with Crippen LogP contribution in [0.2, 0.25) is 0 Å². The van der Waals surface area contributed by atoms with Crippen molar-refractivity contribution in [2.24, 2.45) is 5.73 Å². The normalized spacial score (nSPS) is 9.62. The second-order valence-corrected chi connectivity index (χ2v) is 2.72. The van der Waals surface area contributed by atoms with Crippen molar-refractivity contribution in [2.45, 2.75) is 6.54 Å². The molecule has 1 aromatic carbocycles. The molecule has 0 aliphatic carbocycles. The Morgan fingerprint density at radius 3 is 2.46 bits per heavy atom. The van der Waals surface area contributed by atoms with Crippen molar-refractivity contribution in [3.63, 3.8) is 0 Å². The van der Waals surface area contributed by atoms with Gasteiger partial charge in [-0.3, -0.25) is 0 Å². The molecule has 0 radical (unpaired) electrons. The standard InChI is InChI=1S/C9H13N3O/c1-11-6-7-2-4-8(5-3-7)12-9(10)13/h2-5,11H,6H2,1H3,(H3,10,12,13). The molecule has 0 aromatic heterocycles. The van der Waals surface area contributed by atoms with Gasteiger partial charge >= 0.3 is 6.03 Å². The largest absolute Gasteiger partial charge is 0.351 e.